The normalized spacial score (nSPS) is 10.3. The van der Waals surface area contributed by atoms with Gasteiger partial charge in [0.15, 0.2) is 0 Å². The van der Waals surface area contributed by atoms with Crippen LogP contribution in [-0.4, -0.2) is 23.0 Å². The topological polar surface area (TPSA) is 76.1 Å². The van der Waals surface area contributed by atoms with Crippen LogP contribution in [-0.2, 0) is 0 Å². The van der Waals surface area contributed by atoms with Crippen LogP contribution in [0.1, 0.15) is 21.6 Å². The SMILES string of the molecule is COc1cccc(Nc2cc(C(=O)Nc3cc(C)ccc3C)ncn2)c1. The molecule has 3 rings (SSSR count). The Balaban J connectivity index is 1.77. The van der Waals surface area contributed by atoms with Gasteiger partial charge in [0.05, 0.1) is 7.11 Å². The highest BCUT2D eigenvalue weighted by molar-refractivity contribution is 6.03. The minimum absolute atomic E-state index is 0.283. The van der Waals surface area contributed by atoms with E-state index in [1.165, 1.54) is 6.33 Å². The molecule has 0 spiro atoms. The number of carbonyl (C=O) groups excluding carboxylic acids is 1. The van der Waals surface area contributed by atoms with Crippen LogP contribution in [0.3, 0.4) is 0 Å². The first kappa shape index (κ1) is 17.4. The molecule has 0 aliphatic carbocycles. The quantitative estimate of drug-likeness (QED) is 0.726. The third kappa shape index (κ3) is 4.16. The lowest BCUT2D eigenvalue weighted by Crippen LogP contribution is -2.15. The van der Waals surface area contributed by atoms with Crippen molar-refractivity contribution in [2.75, 3.05) is 17.7 Å². The summed E-state index contributed by atoms with van der Waals surface area (Å²) in [6.07, 6.45) is 1.36. The minimum Gasteiger partial charge on any atom is -0.497 e. The zero-order chi connectivity index (χ0) is 18.5. The maximum Gasteiger partial charge on any atom is 0.274 e. The summed E-state index contributed by atoms with van der Waals surface area (Å²) in [6, 6.07) is 15.0. The molecule has 1 amide bonds. The van der Waals surface area contributed by atoms with Crippen molar-refractivity contribution in [2.45, 2.75) is 13.8 Å². The van der Waals surface area contributed by atoms with E-state index in [-0.39, 0.29) is 11.6 Å². The maximum absolute atomic E-state index is 12.5. The van der Waals surface area contributed by atoms with E-state index in [1.54, 1.807) is 13.2 Å². The lowest BCUT2D eigenvalue weighted by atomic mass is 10.1. The summed E-state index contributed by atoms with van der Waals surface area (Å²) in [5, 5.41) is 6.05. The Morgan fingerprint density at radius 3 is 2.69 bits per heavy atom. The summed E-state index contributed by atoms with van der Waals surface area (Å²) >= 11 is 0. The van der Waals surface area contributed by atoms with E-state index < -0.39 is 0 Å². The van der Waals surface area contributed by atoms with Gasteiger partial charge in [-0.3, -0.25) is 4.79 Å². The molecule has 0 bridgehead atoms. The van der Waals surface area contributed by atoms with Gasteiger partial charge in [0.2, 0.25) is 0 Å². The Labute approximate surface area is 152 Å². The van der Waals surface area contributed by atoms with Gasteiger partial charge in [-0.05, 0) is 43.2 Å². The molecule has 0 fully saturated rings. The second kappa shape index (κ2) is 7.65. The Hall–Kier alpha value is -3.41. The fourth-order valence-corrected chi connectivity index (χ4v) is 2.46. The summed E-state index contributed by atoms with van der Waals surface area (Å²) < 4.78 is 5.20. The monoisotopic (exact) mass is 348 g/mol. The van der Waals surface area contributed by atoms with E-state index in [0.717, 1.165) is 28.3 Å². The molecule has 2 aromatic carbocycles. The van der Waals surface area contributed by atoms with E-state index in [0.29, 0.717) is 5.82 Å². The van der Waals surface area contributed by atoms with Crippen molar-refractivity contribution in [1.29, 1.82) is 0 Å². The van der Waals surface area contributed by atoms with E-state index in [9.17, 15) is 4.79 Å². The number of amides is 1. The summed E-state index contributed by atoms with van der Waals surface area (Å²) in [6.45, 7) is 3.93. The summed E-state index contributed by atoms with van der Waals surface area (Å²) in [7, 11) is 1.61. The lowest BCUT2D eigenvalue weighted by molar-refractivity contribution is 0.102. The number of benzene rings is 2. The molecular formula is C20H20N4O2. The minimum atomic E-state index is -0.283. The van der Waals surface area contributed by atoms with Crippen LogP contribution in [0.15, 0.2) is 54.9 Å². The molecule has 1 aromatic heterocycles. The fourth-order valence-electron chi connectivity index (χ4n) is 2.46. The third-order valence-electron chi connectivity index (χ3n) is 3.88. The van der Waals surface area contributed by atoms with E-state index in [2.05, 4.69) is 20.6 Å². The van der Waals surface area contributed by atoms with E-state index >= 15 is 0 Å². The summed E-state index contributed by atoms with van der Waals surface area (Å²) in [5.74, 6) is 0.978. The zero-order valence-electron chi connectivity index (χ0n) is 14.9. The summed E-state index contributed by atoms with van der Waals surface area (Å²) in [5.41, 5.74) is 3.94. The number of aryl methyl sites for hydroxylation is 2. The molecule has 0 unspecified atom stereocenters. The molecule has 132 valence electrons. The van der Waals surface area contributed by atoms with Gasteiger partial charge in [0.1, 0.15) is 23.6 Å². The predicted molar refractivity (Wildman–Crippen MR) is 102 cm³/mol. The number of methoxy groups -OCH3 is 1. The molecule has 0 atom stereocenters. The van der Waals surface area contributed by atoms with Crippen LogP contribution < -0.4 is 15.4 Å². The van der Waals surface area contributed by atoms with Gasteiger partial charge in [0.25, 0.3) is 5.91 Å². The number of anilines is 3. The van der Waals surface area contributed by atoms with Crippen LogP contribution in [0.4, 0.5) is 17.2 Å². The maximum atomic E-state index is 12.5. The van der Waals surface area contributed by atoms with Gasteiger partial charge in [-0.2, -0.15) is 0 Å². The molecule has 0 saturated carbocycles. The van der Waals surface area contributed by atoms with Gasteiger partial charge < -0.3 is 15.4 Å². The molecule has 6 heteroatoms. The van der Waals surface area contributed by atoms with Gasteiger partial charge in [0, 0.05) is 23.5 Å². The lowest BCUT2D eigenvalue weighted by Gasteiger charge is -2.10. The van der Waals surface area contributed by atoms with Crippen LogP contribution in [0, 0.1) is 13.8 Å². The summed E-state index contributed by atoms with van der Waals surface area (Å²) in [4.78, 5) is 20.8. The fraction of sp³-hybridized carbons (Fsp3) is 0.150. The molecule has 0 radical (unpaired) electrons. The number of rotatable bonds is 5. The van der Waals surface area contributed by atoms with Crippen LogP contribution >= 0.6 is 0 Å². The Morgan fingerprint density at radius 2 is 1.88 bits per heavy atom. The molecular weight excluding hydrogens is 328 g/mol. The first-order valence-electron chi connectivity index (χ1n) is 8.17. The number of nitrogens with one attached hydrogen (secondary N) is 2. The molecule has 2 N–H and O–H groups in total. The Kier molecular flexibility index (Phi) is 5.12. The number of carbonyl (C=O) groups is 1. The van der Waals surface area contributed by atoms with E-state index in [1.807, 2.05) is 56.3 Å². The molecule has 0 aliphatic heterocycles. The number of hydrogen-bond donors (Lipinski definition) is 2. The smallest absolute Gasteiger partial charge is 0.274 e. The van der Waals surface area contributed by atoms with Crippen molar-refractivity contribution < 1.29 is 9.53 Å². The van der Waals surface area contributed by atoms with Crippen LogP contribution in [0.25, 0.3) is 0 Å². The number of ether oxygens (including phenoxy) is 1. The third-order valence-corrected chi connectivity index (χ3v) is 3.88. The first-order valence-corrected chi connectivity index (χ1v) is 8.17. The Bertz CT molecular complexity index is 941. The van der Waals surface area contributed by atoms with Crippen LogP contribution in [0.5, 0.6) is 5.75 Å². The highest BCUT2D eigenvalue weighted by atomic mass is 16.5. The van der Waals surface area contributed by atoms with Crippen molar-refractivity contribution in [3.05, 3.63) is 71.7 Å². The number of nitrogens with zero attached hydrogens (tertiary/aromatic N) is 2. The molecule has 6 nitrogen and oxygen atoms in total. The largest absolute Gasteiger partial charge is 0.497 e. The second-order valence-corrected chi connectivity index (χ2v) is 5.92. The second-order valence-electron chi connectivity index (χ2n) is 5.92. The highest BCUT2D eigenvalue weighted by Gasteiger charge is 2.11. The number of hydrogen-bond acceptors (Lipinski definition) is 5. The van der Waals surface area contributed by atoms with Crippen LogP contribution in [0.2, 0.25) is 0 Å². The molecule has 0 saturated heterocycles. The first-order chi connectivity index (χ1) is 12.5. The predicted octanol–water partition coefficient (Wildman–Crippen LogP) is 4.10. The molecule has 26 heavy (non-hydrogen) atoms. The van der Waals surface area contributed by atoms with Crippen molar-refractivity contribution >= 4 is 23.1 Å². The average Bonchev–Trinajstić information content (AvgIpc) is 2.65. The van der Waals surface area contributed by atoms with Gasteiger partial charge >= 0.3 is 0 Å². The number of aromatic nitrogens is 2. The van der Waals surface area contributed by atoms with Gasteiger partial charge in [-0.1, -0.05) is 18.2 Å². The van der Waals surface area contributed by atoms with E-state index in [4.69, 9.17) is 4.74 Å². The Morgan fingerprint density at radius 1 is 1.04 bits per heavy atom. The highest BCUT2D eigenvalue weighted by Crippen LogP contribution is 2.21. The average molecular weight is 348 g/mol. The van der Waals surface area contributed by atoms with Gasteiger partial charge in [-0.15, -0.1) is 0 Å². The molecule has 0 aliphatic rings. The van der Waals surface area contributed by atoms with Crippen molar-refractivity contribution in [1.82, 2.24) is 9.97 Å². The molecule has 1 heterocycles. The zero-order valence-corrected chi connectivity index (χ0v) is 14.9. The standard InChI is InChI=1S/C20H20N4O2/c1-13-7-8-14(2)17(9-13)24-20(25)18-11-19(22-12-21-18)23-15-5-4-6-16(10-15)26-3/h4-12H,1-3H3,(H,24,25)(H,21,22,23). The van der Waals surface area contributed by atoms with Crippen molar-refractivity contribution in [3.8, 4) is 5.75 Å². The van der Waals surface area contributed by atoms with Crippen molar-refractivity contribution in [3.63, 3.8) is 0 Å². The van der Waals surface area contributed by atoms with Crippen molar-refractivity contribution in [2.24, 2.45) is 0 Å². The molecule has 3 aromatic rings. The van der Waals surface area contributed by atoms with Gasteiger partial charge in [-0.25, -0.2) is 9.97 Å².